The van der Waals surface area contributed by atoms with E-state index >= 15 is 0 Å². The van der Waals surface area contributed by atoms with Crippen LogP contribution in [0, 0.1) is 0 Å². The predicted octanol–water partition coefficient (Wildman–Crippen LogP) is 2.79. The van der Waals surface area contributed by atoms with Crippen LogP contribution in [0.2, 0.25) is 0 Å². The molecular formula is C11H18ClN3. The summed E-state index contributed by atoms with van der Waals surface area (Å²) in [6.45, 7) is 7.18. The molecule has 84 valence electrons. The number of halogens is 1. The second-order valence-electron chi connectivity index (χ2n) is 3.86. The topological polar surface area (TPSA) is 29.0 Å². The van der Waals surface area contributed by atoms with Crippen molar-refractivity contribution in [3.05, 3.63) is 17.7 Å². The zero-order valence-electron chi connectivity index (χ0n) is 9.79. The van der Waals surface area contributed by atoms with E-state index in [2.05, 4.69) is 35.6 Å². The molecule has 0 unspecified atom stereocenters. The van der Waals surface area contributed by atoms with Crippen molar-refractivity contribution in [2.24, 2.45) is 0 Å². The van der Waals surface area contributed by atoms with Crippen LogP contribution < -0.4 is 4.90 Å². The number of rotatable bonds is 4. The maximum atomic E-state index is 5.89. The molecule has 1 rings (SSSR count). The molecule has 1 aromatic heterocycles. The monoisotopic (exact) mass is 227 g/mol. The Morgan fingerprint density at radius 1 is 1.47 bits per heavy atom. The molecule has 3 nitrogen and oxygen atoms in total. The van der Waals surface area contributed by atoms with Crippen molar-refractivity contribution < 1.29 is 0 Å². The lowest BCUT2D eigenvalue weighted by Gasteiger charge is -2.19. The van der Waals surface area contributed by atoms with Crippen LogP contribution in [-0.4, -0.2) is 23.6 Å². The summed E-state index contributed by atoms with van der Waals surface area (Å²) in [6.07, 6.45) is 1.86. The molecule has 0 radical (unpaired) electrons. The largest absolute Gasteiger partial charge is 0.372 e. The molecule has 1 aromatic rings. The summed E-state index contributed by atoms with van der Waals surface area (Å²) < 4.78 is 0. The van der Waals surface area contributed by atoms with Gasteiger partial charge in [0.05, 0.1) is 23.5 Å². The van der Waals surface area contributed by atoms with Gasteiger partial charge in [0.15, 0.2) is 0 Å². The third-order valence-corrected chi connectivity index (χ3v) is 2.65. The van der Waals surface area contributed by atoms with Crippen LogP contribution in [0.3, 0.4) is 0 Å². The van der Waals surface area contributed by atoms with E-state index in [9.17, 15) is 0 Å². The predicted molar refractivity (Wildman–Crippen MR) is 64.6 cm³/mol. The van der Waals surface area contributed by atoms with Gasteiger partial charge in [-0.3, -0.25) is 0 Å². The van der Waals surface area contributed by atoms with Gasteiger partial charge in [-0.15, -0.1) is 11.6 Å². The van der Waals surface area contributed by atoms with E-state index in [1.54, 1.807) is 0 Å². The molecule has 0 atom stereocenters. The second-order valence-corrected chi connectivity index (χ2v) is 4.13. The first-order valence-electron chi connectivity index (χ1n) is 5.23. The summed E-state index contributed by atoms with van der Waals surface area (Å²) in [5, 5.41) is 0. The molecule has 0 saturated carbocycles. The molecule has 4 heteroatoms. The number of hydrogen-bond acceptors (Lipinski definition) is 3. The van der Waals surface area contributed by atoms with Crippen LogP contribution in [0.5, 0.6) is 0 Å². The normalized spacial score (nSPS) is 10.8. The fourth-order valence-corrected chi connectivity index (χ4v) is 1.49. The Kier molecular flexibility index (Phi) is 4.33. The third kappa shape index (κ3) is 2.81. The Balaban J connectivity index is 3.09. The molecule has 0 saturated heterocycles. The maximum absolute atomic E-state index is 5.89. The van der Waals surface area contributed by atoms with Crippen molar-refractivity contribution in [1.82, 2.24) is 9.97 Å². The van der Waals surface area contributed by atoms with Crippen LogP contribution >= 0.6 is 11.6 Å². The standard InChI is InChI=1S/C11H18ClN3/c1-5-15(4)10-7-13-11(8(2)3)14-9(10)6-12/h7-8H,5-6H2,1-4H3. The summed E-state index contributed by atoms with van der Waals surface area (Å²) >= 11 is 5.89. The van der Waals surface area contributed by atoms with Gasteiger partial charge in [-0.25, -0.2) is 9.97 Å². The van der Waals surface area contributed by atoms with E-state index in [-0.39, 0.29) is 0 Å². The summed E-state index contributed by atoms with van der Waals surface area (Å²) in [6, 6.07) is 0. The average molecular weight is 228 g/mol. The first kappa shape index (κ1) is 12.2. The lowest BCUT2D eigenvalue weighted by atomic mass is 10.2. The number of nitrogens with zero attached hydrogens (tertiary/aromatic N) is 3. The van der Waals surface area contributed by atoms with Gasteiger partial charge in [0.1, 0.15) is 5.82 Å². The van der Waals surface area contributed by atoms with Crippen molar-refractivity contribution in [3.8, 4) is 0 Å². The summed E-state index contributed by atoms with van der Waals surface area (Å²) in [5.41, 5.74) is 1.94. The summed E-state index contributed by atoms with van der Waals surface area (Å²) in [4.78, 5) is 10.9. The quantitative estimate of drug-likeness (QED) is 0.741. The van der Waals surface area contributed by atoms with Crippen LogP contribution in [0.4, 0.5) is 5.69 Å². The molecule has 15 heavy (non-hydrogen) atoms. The lowest BCUT2D eigenvalue weighted by molar-refractivity contribution is 0.760. The smallest absolute Gasteiger partial charge is 0.131 e. The number of aromatic nitrogens is 2. The molecule has 0 bridgehead atoms. The zero-order chi connectivity index (χ0) is 11.4. The Hall–Kier alpha value is -0.830. The number of alkyl halides is 1. The SMILES string of the molecule is CCN(C)c1cnc(C(C)C)nc1CCl. The summed E-state index contributed by atoms with van der Waals surface area (Å²) in [5.74, 6) is 1.63. The van der Waals surface area contributed by atoms with Crippen molar-refractivity contribution in [3.63, 3.8) is 0 Å². The summed E-state index contributed by atoms with van der Waals surface area (Å²) in [7, 11) is 2.02. The zero-order valence-corrected chi connectivity index (χ0v) is 10.5. The van der Waals surface area contributed by atoms with Crippen molar-refractivity contribution in [1.29, 1.82) is 0 Å². The molecule has 0 aliphatic heterocycles. The van der Waals surface area contributed by atoms with Gasteiger partial charge in [0.25, 0.3) is 0 Å². The van der Waals surface area contributed by atoms with Crippen LogP contribution in [0.15, 0.2) is 6.20 Å². The lowest BCUT2D eigenvalue weighted by Crippen LogP contribution is -2.19. The minimum atomic E-state index is 0.341. The van der Waals surface area contributed by atoms with E-state index < -0.39 is 0 Å². The van der Waals surface area contributed by atoms with Gasteiger partial charge in [-0.2, -0.15) is 0 Å². The van der Waals surface area contributed by atoms with Gasteiger partial charge >= 0.3 is 0 Å². The Morgan fingerprint density at radius 2 is 2.13 bits per heavy atom. The molecule has 0 spiro atoms. The molecule has 0 aromatic carbocycles. The van der Waals surface area contributed by atoms with Crippen LogP contribution in [0.25, 0.3) is 0 Å². The minimum absolute atomic E-state index is 0.341. The highest BCUT2D eigenvalue weighted by molar-refractivity contribution is 6.17. The average Bonchev–Trinajstić information content (AvgIpc) is 2.27. The highest BCUT2D eigenvalue weighted by Crippen LogP contribution is 2.20. The van der Waals surface area contributed by atoms with Crippen LogP contribution in [0.1, 0.15) is 38.2 Å². The highest BCUT2D eigenvalue weighted by atomic mass is 35.5. The first-order chi connectivity index (χ1) is 7.10. The number of anilines is 1. The van der Waals surface area contributed by atoms with E-state index in [4.69, 9.17) is 11.6 Å². The molecular weight excluding hydrogens is 210 g/mol. The van der Waals surface area contributed by atoms with Crippen molar-refractivity contribution >= 4 is 17.3 Å². The molecule has 0 N–H and O–H groups in total. The Labute approximate surface area is 96.5 Å². The fraction of sp³-hybridized carbons (Fsp3) is 0.636. The first-order valence-corrected chi connectivity index (χ1v) is 5.76. The van der Waals surface area contributed by atoms with E-state index in [1.165, 1.54) is 0 Å². The Morgan fingerprint density at radius 3 is 2.60 bits per heavy atom. The molecule has 0 aliphatic carbocycles. The molecule has 0 aliphatic rings. The van der Waals surface area contributed by atoms with Crippen molar-refractivity contribution in [2.45, 2.75) is 32.6 Å². The number of hydrogen-bond donors (Lipinski definition) is 0. The maximum Gasteiger partial charge on any atom is 0.131 e. The minimum Gasteiger partial charge on any atom is -0.372 e. The van der Waals surface area contributed by atoms with E-state index in [0.29, 0.717) is 11.8 Å². The molecule has 0 fully saturated rings. The molecule has 1 heterocycles. The third-order valence-electron chi connectivity index (χ3n) is 2.39. The van der Waals surface area contributed by atoms with Crippen molar-refractivity contribution in [2.75, 3.05) is 18.5 Å². The van der Waals surface area contributed by atoms with Crippen LogP contribution in [-0.2, 0) is 5.88 Å². The van der Waals surface area contributed by atoms with Gasteiger partial charge in [0.2, 0.25) is 0 Å². The highest BCUT2D eigenvalue weighted by Gasteiger charge is 2.10. The second kappa shape index (κ2) is 5.31. The van der Waals surface area contributed by atoms with E-state index in [1.807, 2.05) is 13.2 Å². The van der Waals surface area contributed by atoms with Gasteiger partial charge in [-0.05, 0) is 6.92 Å². The van der Waals surface area contributed by atoms with Gasteiger partial charge in [0, 0.05) is 19.5 Å². The van der Waals surface area contributed by atoms with Gasteiger partial charge < -0.3 is 4.90 Å². The fourth-order valence-electron chi connectivity index (χ4n) is 1.29. The van der Waals surface area contributed by atoms with Gasteiger partial charge in [-0.1, -0.05) is 13.8 Å². The molecule has 0 amide bonds. The van der Waals surface area contributed by atoms with E-state index in [0.717, 1.165) is 23.8 Å². The Bertz CT molecular complexity index is 326.